The number of benzene rings is 2. The van der Waals surface area contributed by atoms with E-state index in [1.165, 1.54) is 4.90 Å². The molecule has 13 heteroatoms. The van der Waals surface area contributed by atoms with Gasteiger partial charge in [0.15, 0.2) is 0 Å². The van der Waals surface area contributed by atoms with Crippen molar-refractivity contribution in [2.45, 2.75) is 57.3 Å². The van der Waals surface area contributed by atoms with Crippen LogP contribution in [-0.4, -0.2) is 47.2 Å². The fourth-order valence-corrected chi connectivity index (χ4v) is 5.43. The van der Waals surface area contributed by atoms with Crippen LogP contribution in [0.5, 0.6) is 0 Å². The third-order valence-corrected chi connectivity index (χ3v) is 7.31. The van der Waals surface area contributed by atoms with Crippen LogP contribution in [0.15, 0.2) is 42.5 Å². The highest BCUT2D eigenvalue weighted by molar-refractivity contribution is 6.40. The number of nitrogens with one attached hydrogen (secondary N) is 3. The van der Waals surface area contributed by atoms with Gasteiger partial charge in [-0.05, 0) is 41.7 Å². The average Bonchev–Trinajstić information content (AvgIpc) is 3.40. The van der Waals surface area contributed by atoms with E-state index in [1.54, 1.807) is 45.0 Å². The Morgan fingerprint density at radius 2 is 1.85 bits per heavy atom. The Morgan fingerprint density at radius 1 is 1.17 bits per heavy atom. The third kappa shape index (κ3) is 6.00. The molecule has 41 heavy (non-hydrogen) atoms. The smallest absolute Gasteiger partial charge is 0.336 e. The maximum atomic E-state index is 13.8. The van der Waals surface area contributed by atoms with Crippen LogP contribution in [0, 0.1) is 16.7 Å². The maximum Gasteiger partial charge on any atom is 0.418 e. The van der Waals surface area contributed by atoms with E-state index in [1.807, 2.05) is 5.32 Å². The van der Waals surface area contributed by atoms with Crippen molar-refractivity contribution in [2.75, 3.05) is 17.2 Å². The highest BCUT2D eigenvalue weighted by Gasteiger charge is 2.56. The molecule has 216 valence electrons. The van der Waals surface area contributed by atoms with Crippen LogP contribution in [0.1, 0.15) is 44.7 Å². The molecule has 3 N–H and O–H groups in total. The normalized spacial score (nSPS) is 20.7. The lowest BCUT2D eigenvalue weighted by molar-refractivity contribution is -0.141. The second-order valence-electron chi connectivity index (χ2n) is 11.3. The van der Waals surface area contributed by atoms with Crippen LogP contribution >= 0.6 is 11.6 Å². The molecular formula is C28H27ClF3N5O4. The highest BCUT2D eigenvalue weighted by Crippen LogP contribution is 2.46. The van der Waals surface area contributed by atoms with Crippen molar-refractivity contribution >= 4 is 46.6 Å². The van der Waals surface area contributed by atoms with Crippen molar-refractivity contribution in [3.8, 4) is 6.07 Å². The summed E-state index contributed by atoms with van der Waals surface area (Å²) in [4.78, 5) is 53.7. The molecular weight excluding hydrogens is 563 g/mol. The molecule has 2 heterocycles. The number of likely N-dealkylation sites (tertiary alicyclic amines) is 1. The Balaban J connectivity index is 1.58. The number of carbonyl (C=O) groups excluding carboxylic acids is 4. The number of hydrogen-bond donors (Lipinski definition) is 3. The summed E-state index contributed by atoms with van der Waals surface area (Å²) in [5, 5.41) is 16.7. The fourth-order valence-electron chi connectivity index (χ4n) is 5.26. The molecule has 1 spiro atoms. The van der Waals surface area contributed by atoms with Gasteiger partial charge in [-0.1, -0.05) is 50.6 Å². The Bertz CT molecular complexity index is 1470. The number of rotatable bonds is 4. The summed E-state index contributed by atoms with van der Waals surface area (Å²) in [6, 6.07) is 9.37. The van der Waals surface area contributed by atoms with Crippen LogP contribution in [-0.2, 0) is 30.8 Å². The minimum Gasteiger partial charge on any atom is -0.336 e. The zero-order valence-corrected chi connectivity index (χ0v) is 23.1. The maximum absolute atomic E-state index is 13.8. The SMILES string of the molecule is CC(C)(C)C[C@H](NC(=O)C(=O)Nc1ccc(Cl)cc1C(F)(F)F)C(=O)N1C[C@]2(C[C@H]1C#N)C(=O)Nc1ccccc12. The zero-order valence-electron chi connectivity index (χ0n) is 22.4. The number of fused-ring (bicyclic) bond motifs is 2. The zero-order chi connectivity index (χ0) is 30.3. The largest absolute Gasteiger partial charge is 0.418 e. The van der Waals surface area contributed by atoms with Gasteiger partial charge in [0.2, 0.25) is 11.8 Å². The third-order valence-electron chi connectivity index (χ3n) is 7.08. The van der Waals surface area contributed by atoms with Crippen LogP contribution in [0.2, 0.25) is 5.02 Å². The van der Waals surface area contributed by atoms with Gasteiger partial charge in [0, 0.05) is 23.7 Å². The van der Waals surface area contributed by atoms with E-state index in [0.29, 0.717) is 17.3 Å². The van der Waals surface area contributed by atoms with Gasteiger partial charge in [0.1, 0.15) is 12.1 Å². The molecule has 1 fully saturated rings. The molecule has 0 bridgehead atoms. The lowest BCUT2D eigenvalue weighted by atomic mass is 9.80. The van der Waals surface area contributed by atoms with E-state index in [0.717, 1.165) is 12.1 Å². The Hall–Kier alpha value is -4.11. The van der Waals surface area contributed by atoms with Gasteiger partial charge in [-0.2, -0.15) is 18.4 Å². The van der Waals surface area contributed by atoms with Crippen LogP contribution in [0.25, 0.3) is 0 Å². The number of carbonyl (C=O) groups is 4. The molecule has 0 aliphatic carbocycles. The summed E-state index contributed by atoms with van der Waals surface area (Å²) >= 11 is 5.67. The number of amides is 4. The van der Waals surface area contributed by atoms with E-state index in [4.69, 9.17) is 11.6 Å². The van der Waals surface area contributed by atoms with E-state index in [9.17, 15) is 37.6 Å². The first-order valence-electron chi connectivity index (χ1n) is 12.7. The Morgan fingerprint density at radius 3 is 2.49 bits per heavy atom. The summed E-state index contributed by atoms with van der Waals surface area (Å²) in [7, 11) is 0. The molecule has 9 nitrogen and oxygen atoms in total. The number of hydrogen-bond acceptors (Lipinski definition) is 5. The monoisotopic (exact) mass is 589 g/mol. The van der Waals surface area contributed by atoms with Gasteiger partial charge in [0.05, 0.1) is 22.7 Å². The van der Waals surface area contributed by atoms with Crippen molar-refractivity contribution in [1.29, 1.82) is 5.26 Å². The number of nitriles is 1. The Kier molecular flexibility index (Phi) is 7.80. The average molecular weight is 590 g/mol. The van der Waals surface area contributed by atoms with E-state index in [-0.39, 0.29) is 30.3 Å². The molecule has 2 aliphatic rings. The van der Waals surface area contributed by atoms with E-state index in [2.05, 4.69) is 16.7 Å². The minimum absolute atomic E-state index is 0.0318. The molecule has 0 radical (unpaired) electrons. The molecule has 0 aromatic heterocycles. The van der Waals surface area contributed by atoms with Crippen LogP contribution in [0.4, 0.5) is 24.5 Å². The molecule has 0 saturated carbocycles. The van der Waals surface area contributed by atoms with Gasteiger partial charge < -0.3 is 20.9 Å². The molecule has 2 aliphatic heterocycles. The quantitative estimate of drug-likeness (QED) is 0.459. The van der Waals surface area contributed by atoms with E-state index < -0.39 is 58.1 Å². The standard InChI is InChI=1S/C28H27ClF3N5O4/c1-26(2,3)12-21(35-23(39)22(38)34-20-9-8-15(29)10-18(20)28(30,31)32)24(40)37-14-27(11-16(37)13-33)17-6-4-5-7-19(17)36-25(27)41/h4-10,16,21H,11-12,14H2,1-3H3,(H,34,38)(H,35,39)(H,36,41)/t16-,21-,27-/m0/s1. The summed E-state index contributed by atoms with van der Waals surface area (Å²) < 4.78 is 40.4. The first-order valence-corrected chi connectivity index (χ1v) is 13.0. The van der Waals surface area contributed by atoms with Gasteiger partial charge in [-0.3, -0.25) is 19.2 Å². The van der Waals surface area contributed by atoms with Crippen LogP contribution in [0.3, 0.4) is 0 Å². The number of anilines is 2. The molecule has 4 rings (SSSR count). The first kappa shape index (κ1) is 29.9. The summed E-state index contributed by atoms with van der Waals surface area (Å²) in [5.74, 6) is -3.82. The predicted molar refractivity (Wildman–Crippen MR) is 144 cm³/mol. The number of para-hydroxylation sites is 1. The highest BCUT2D eigenvalue weighted by atomic mass is 35.5. The van der Waals surface area contributed by atoms with Crippen LogP contribution < -0.4 is 16.0 Å². The lowest BCUT2D eigenvalue weighted by Crippen LogP contribution is -2.53. The predicted octanol–water partition coefficient (Wildman–Crippen LogP) is 4.23. The summed E-state index contributed by atoms with van der Waals surface area (Å²) in [6.07, 6.45) is -4.80. The fraction of sp³-hybridized carbons (Fsp3) is 0.393. The van der Waals surface area contributed by atoms with Gasteiger partial charge in [-0.15, -0.1) is 0 Å². The van der Waals surface area contributed by atoms with Crippen molar-refractivity contribution in [1.82, 2.24) is 10.2 Å². The van der Waals surface area contributed by atoms with Crippen molar-refractivity contribution in [3.05, 3.63) is 58.6 Å². The first-order chi connectivity index (χ1) is 19.1. The molecule has 2 aromatic rings. The van der Waals surface area contributed by atoms with Gasteiger partial charge in [0.25, 0.3) is 0 Å². The number of nitrogens with zero attached hydrogens (tertiary/aromatic N) is 2. The second kappa shape index (κ2) is 10.7. The summed E-state index contributed by atoms with van der Waals surface area (Å²) in [6.45, 7) is 5.24. The summed E-state index contributed by atoms with van der Waals surface area (Å²) in [5.41, 5.74) is -2.41. The topological polar surface area (TPSA) is 131 Å². The molecule has 4 amide bonds. The van der Waals surface area contributed by atoms with Gasteiger partial charge in [-0.25, -0.2) is 0 Å². The molecule has 3 atom stereocenters. The van der Waals surface area contributed by atoms with Crippen molar-refractivity contribution in [3.63, 3.8) is 0 Å². The molecule has 0 unspecified atom stereocenters. The van der Waals surface area contributed by atoms with Crippen molar-refractivity contribution < 1.29 is 32.3 Å². The minimum atomic E-state index is -4.86. The van der Waals surface area contributed by atoms with Crippen molar-refractivity contribution in [2.24, 2.45) is 5.41 Å². The lowest BCUT2D eigenvalue weighted by Gasteiger charge is -2.31. The molecule has 2 aromatic carbocycles. The van der Waals surface area contributed by atoms with E-state index >= 15 is 0 Å². The van der Waals surface area contributed by atoms with Gasteiger partial charge >= 0.3 is 18.0 Å². The second-order valence-corrected chi connectivity index (χ2v) is 11.8. The number of alkyl halides is 3. The molecule has 1 saturated heterocycles. The number of halogens is 4. The Labute approximate surface area is 239 Å².